The minimum atomic E-state index is -0.0959. The van der Waals surface area contributed by atoms with Crippen molar-refractivity contribution in [1.29, 1.82) is 0 Å². The summed E-state index contributed by atoms with van der Waals surface area (Å²) in [7, 11) is 0. The van der Waals surface area contributed by atoms with Crippen molar-refractivity contribution in [3.63, 3.8) is 0 Å². The fourth-order valence-corrected chi connectivity index (χ4v) is 3.31. The van der Waals surface area contributed by atoms with Gasteiger partial charge >= 0.3 is 0 Å². The van der Waals surface area contributed by atoms with Gasteiger partial charge in [-0.2, -0.15) is 4.98 Å². The van der Waals surface area contributed by atoms with Crippen LogP contribution in [-0.2, 0) is 17.1 Å². The Balaban J connectivity index is 1.45. The molecule has 0 unspecified atom stereocenters. The minimum Gasteiger partial charge on any atom is -0.346 e. The number of thioether (sulfide) groups is 1. The second kappa shape index (κ2) is 9.07. The summed E-state index contributed by atoms with van der Waals surface area (Å²) >= 11 is 13.5. The molecule has 0 spiro atoms. The van der Waals surface area contributed by atoms with E-state index in [1.807, 2.05) is 42.5 Å². The summed E-state index contributed by atoms with van der Waals surface area (Å²) in [4.78, 5) is 16.2. The smallest absolute Gasteiger partial charge is 0.246 e. The third-order valence-corrected chi connectivity index (χ3v) is 5.02. The lowest BCUT2D eigenvalue weighted by Gasteiger charge is -2.03. The molecular formula is C18H15Cl2N3O2S. The molecule has 1 amide bonds. The molecule has 8 heteroatoms. The first-order valence-corrected chi connectivity index (χ1v) is 9.69. The van der Waals surface area contributed by atoms with Crippen LogP contribution in [0.4, 0.5) is 0 Å². The first-order valence-electron chi connectivity index (χ1n) is 7.78. The van der Waals surface area contributed by atoms with Gasteiger partial charge in [-0.15, -0.1) is 11.8 Å². The van der Waals surface area contributed by atoms with E-state index in [2.05, 4.69) is 15.5 Å². The van der Waals surface area contributed by atoms with Crippen molar-refractivity contribution in [1.82, 2.24) is 15.5 Å². The van der Waals surface area contributed by atoms with Crippen LogP contribution in [0.3, 0.4) is 0 Å². The van der Waals surface area contributed by atoms with E-state index in [1.54, 1.807) is 6.07 Å². The molecule has 1 N–H and O–H groups in total. The van der Waals surface area contributed by atoms with Crippen molar-refractivity contribution in [3.8, 4) is 11.4 Å². The molecule has 26 heavy (non-hydrogen) atoms. The van der Waals surface area contributed by atoms with Crippen LogP contribution in [0.25, 0.3) is 11.4 Å². The van der Waals surface area contributed by atoms with Gasteiger partial charge in [0, 0.05) is 16.3 Å². The van der Waals surface area contributed by atoms with Crippen LogP contribution in [0.15, 0.2) is 53.1 Å². The largest absolute Gasteiger partial charge is 0.346 e. The standard InChI is InChI=1S/C18H15Cl2N3O2S/c19-13-7-5-12(6-8-13)10-26-11-16(24)21-9-17-22-18(23-25-17)14-3-1-2-4-15(14)20/h1-8H,9-11H2,(H,21,24). The molecule has 0 saturated carbocycles. The van der Waals surface area contributed by atoms with Crippen molar-refractivity contribution >= 4 is 40.9 Å². The normalized spacial score (nSPS) is 10.7. The van der Waals surface area contributed by atoms with Gasteiger partial charge in [-0.25, -0.2) is 0 Å². The van der Waals surface area contributed by atoms with Crippen molar-refractivity contribution in [2.75, 3.05) is 5.75 Å². The van der Waals surface area contributed by atoms with Gasteiger partial charge in [0.2, 0.25) is 17.6 Å². The van der Waals surface area contributed by atoms with Crippen LogP contribution >= 0.6 is 35.0 Å². The van der Waals surface area contributed by atoms with Gasteiger partial charge in [0.15, 0.2) is 0 Å². The molecule has 0 aliphatic heterocycles. The number of hydrogen-bond donors (Lipinski definition) is 1. The lowest BCUT2D eigenvalue weighted by Crippen LogP contribution is -2.24. The number of nitrogens with zero attached hydrogens (tertiary/aromatic N) is 2. The summed E-state index contributed by atoms with van der Waals surface area (Å²) < 4.78 is 5.16. The van der Waals surface area contributed by atoms with Crippen molar-refractivity contribution < 1.29 is 9.32 Å². The first-order chi connectivity index (χ1) is 12.6. The van der Waals surface area contributed by atoms with E-state index in [0.717, 1.165) is 11.3 Å². The summed E-state index contributed by atoms with van der Waals surface area (Å²) in [6, 6.07) is 14.8. The Morgan fingerprint density at radius 1 is 1.12 bits per heavy atom. The summed E-state index contributed by atoms with van der Waals surface area (Å²) in [6.07, 6.45) is 0. The quantitative estimate of drug-likeness (QED) is 0.619. The minimum absolute atomic E-state index is 0.0959. The zero-order chi connectivity index (χ0) is 18.4. The van der Waals surface area contributed by atoms with Crippen LogP contribution in [0, 0.1) is 0 Å². The maximum atomic E-state index is 11.9. The lowest BCUT2D eigenvalue weighted by molar-refractivity contribution is -0.118. The van der Waals surface area contributed by atoms with E-state index in [4.69, 9.17) is 27.7 Å². The van der Waals surface area contributed by atoms with E-state index in [1.165, 1.54) is 11.8 Å². The molecular weight excluding hydrogens is 393 g/mol. The Bertz CT molecular complexity index is 884. The summed E-state index contributed by atoms with van der Waals surface area (Å²) in [5.74, 6) is 1.71. The van der Waals surface area contributed by atoms with E-state index in [0.29, 0.717) is 33.1 Å². The highest BCUT2D eigenvalue weighted by Gasteiger charge is 2.12. The third-order valence-electron chi connectivity index (χ3n) is 3.43. The topological polar surface area (TPSA) is 68.0 Å². The number of hydrogen-bond acceptors (Lipinski definition) is 5. The molecule has 134 valence electrons. The fraction of sp³-hybridized carbons (Fsp3) is 0.167. The number of nitrogens with one attached hydrogen (secondary N) is 1. The molecule has 0 radical (unpaired) electrons. The average Bonchev–Trinajstić information content (AvgIpc) is 3.11. The number of benzene rings is 2. The van der Waals surface area contributed by atoms with Crippen LogP contribution in [0.2, 0.25) is 10.0 Å². The van der Waals surface area contributed by atoms with Crippen LogP contribution in [-0.4, -0.2) is 21.8 Å². The highest BCUT2D eigenvalue weighted by molar-refractivity contribution is 7.99. The number of halogens is 2. The van der Waals surface area contributed by atoms with Gasteiger partial charge in [0.05, 0.1) is 17.3 Å². The van der Waals surface area contributed by atoms with Crippen LogP contribution in [0.5, 0.6) is 0 Å². The van der Waals surface area contributed by atoms with Gasteiger partial charge in [-0.1, -0.05) is 52.6 Å². The number of carbonyl (C=O) groups excluding carboxylic acids is 1. The molecule has 0 aliphatic carbocycles. The van der Waals surface area contributed by atoms with Crippen molar-refractivity contribution in [2.45, 2.75) is 12.3 Å². The Morgan fingerprint density at radius 3 is 2.65 bits per heavy atom. The second-order valence-electron chi connectivity index (χ2n) is 5.39. The fourth-order valence-electron chi connectivity index (χ4n) is 2.15. The van der Waals surface area contributed by atoms with E-state index >= 15 is 0 Å². The highest BCUT2D eigenvalue weighted by Crippen LogP contribution is 2.24. The molecule has 0 saturated heterocycles. The van der Waals surface area contributed by atoms with Crippen LogP contribution < -0.4 is 5.32 Å². The zero-order valence-corrected chi connectivity index (χ0v) is 15.9. The molecule has 0 atom stereocenters. The number of aromatic nitrogens is 2. The molecule has 3 rings (SSSR count). The van der Waals surface area contributed by atoms with E-state index in [-0.39, 0.29) is 12.5 Å². The third kappa shape index (κ3) is 5.24. The van der Waals surface area contributed by atoms with Gasteiger partial charge in [-0.05, 0) is 29.8 Å². The monoisotopic (exact) mass is 407 g/mol. The molecule has 0 fully saturated rings. The SMILES string of the molecule is O=C(CSCc1ccc(Cl)cc1)NCc1nc(-c2ccccc2Cl)no1. The Morgan fingerprint density at radius 2 is 1.88 bits per heavy atom. The molecule has 0 aliphatic rings. The second-order valence-corrected chi connectivity index (χ2v) is 7.22. The van der Waals surface area contributed by atoms with E-state index < -0.39 is 0 Å². The molecule has 3 aromatic rings. The molecule has 1 aromatic heterocycles. The summed E-state index contributed by atoms with van der Waals surface area (Å²) in [5.41, 5.74) is 1.81. The average molecular weight is 408 g/mol. The molecule has 2 aromatic carbocycles. The Kier molecular flexibility index (Phi) is 6.55. The van der Waals surface area contributed by atoms with Gasteiger partial charge in [-0.3, -0.25) is 4.79 Å². The Hall–Kier alpha value is -2.02. The maximum Gasteiger partial charge on any atom is 0.246 e. The summed E-state index contributed by atoms with van der Waals surface area (Å²) in [6.45, 7) is 0.178. The van der Waals surface area contributed by atoms with Gasteiger partial charge in [0.25, 0.3) is 0 Å². The number of rotatable bonds is 7. The van der Waals surface area contributed by atoms with Gasteiger partial charge in [0.1, 0.15) is 0 Å². The highest BCUT2D eigenvalue weighted by atomic mass is 35.5. The van der Waals surface area contributed by atoms with Gasteiger partial charge < -0.3 is 9.84 Å². The molecule has 1 heterocycles. The number of carbonyl (C=O) groups is 1. The predicted molar refractivity (Wildman–Crippen MR) is 104 cm³/mol. The lowest BCUT2D eigenvalue weighted by atomic mass is 10.2. The van der Waals surface area contributed by atoms with E-state index in [9.17, 15) is 4.79 Å². The maximum absolute atomic E-state index is 11.9. The zero-order valence-electron chi connectivity index (χ0n) is 13.6. The molecule has 5 nitrogen and oxygen atoms in total. The van der Waals surface area contributed by atoms with Crippen molar-refractivity contribution in [2.24, 2.45) is 0 Å². The predicted octanol–water partition coefficient (Wildman–Crippen LogP) is 4.59. The molecule has 0 bridgehead atoms. The number of amides is 1. The Labute approximate surface area is 165 Å². The van der Waals surface area contributed by atoms with Crippen LogP contribution in [0.1, 0.15) is 11.5 Å². The first kappa shape index (κ1) is 18.8. The summed E-state index contributed by atoms with van der Waals surface area (Å²) in [5, 5.41) is 7.90. The van der Waals surface area contributed by atoms with Crippen molar-refractivity contribution in [3.05, 3.63) is 70.0 Å².